The maximum absolute atomic E-state index is 13.5. The van der Waals surface area contributed by atoms with Crippen molar-refractivity contribution in [2.75, 3.05) is 0 Å². The van der Waals surface area contributed by atoms with Gasteiger partial charge in [-0.2, -0.15) is 0 Å². The molecule has 1 spiro atoms. The lowest BCUT2D eigenvalue weighted by atomic mass is 9.74. The van der Waals surface area contributed by atoms with Crippen LogP contribution in [-0.4, -0.2) is 97.2 Å². The second-order valence-electron chi connectivity index (χ2n) is 18.0. The topological polar surface area (TPSA) is 180 Å². The van der Waals surface area contributed by atoms with Crippen LogP contribution in [0.3, 0.4) is 0 Å². The number of Topliss-reactive ketones (excluding diaryl/α,β-unsaturated/α-hetero) is 2. The summed E-state index contributed by atoms with van der Waals surface area (Å²) >= 11 is 0. The molecule has 11 heteroatoms. The van der Waals surface area contributed by atoms with Crippen molar-refractivity contribution in [3.63, 3.8) is 0 Å². The van der Waals surface area contributed by atoms with Crippen LogP contribution in [0.5, 0.6) is 0 Å². The fourth-order valence-electron chi connectivity index (χ4n) is 9.01. The predicted octanol–water partition coefficient (Wildman–Crippen LogP) is 5.88. The number of aliphatic hydroxyl groups is 5. The van der Waals surface area contributed by atoms with Crippen LogP contribution in [0.25, 0.3) is 0 Å². The summed E-state index contributed by atoms with van der Waals surface area (Å²) in [4.78, 5) is 40.5. The molecule has 0 aromatic rings. The number of esters is 1. The van der Waals surface area contributed by atoms with Crippen molar-refractivity contribution in [1.29, 1.82) is 0 Å². The standard InChI is InChI=1S/C45H74O11/c1-12-34-17-15-13-14-16-27(4)42(51)44(11,53)43(52)32(9)40(50)31(8)39(49)30(7)38(48)26(3)18-21-37(47)54-41-29(6)35(20-19-34)55-45(33(41)10)23-22-25(2)36(56-45)24-28(5)46/h13-15,17-18,21,25-36,38,40-42,46,48,50-51,53H,12,16,19-20,22-24H2,1-11H3/b14-13+,17-15-,21-18+/t25-,26+,27-,28-,29+,30+,31+,32+,33-,34+,35+,36-,38+,40+,41-,42-,44-,45-/m0/s1. The Bertz CT molecular complexity index is 1390. The van der Waals surface area contributed by atoms with Gasteiger partial charge in [0.15, 0.2) is 11.6 Å². The Kier molecular flexibility index (Phi) is 17.7. The molecule has 2 saturated heterocycles. The summed E-state index contributed by atoms with van der Waals surface area (Å²) in [5.41, 5.74) is -2.18. The molecule has 3 rings (SSSR count). The first-order chi connectivity index (χ1) is 26.1. The summed E-state index contributed by atoms with van der Waals surface area (Å²) in [7, 11) is 0. The van der Waals surface area contributed by atoms with Crippen molar-refractivity contribution in [3.05, 3.63) is 36.5 Å². The van der Waals surface area contributed by atoms with Crippen molar-refractivity contribution in [3.8, 4) is 0 Å². The summed E-state index contributed by atoms with van der Waals surface area (Å²) < 4.78 is 20.0. The Morgan fingerprint density at radius 2 is 1.48 bits per heavy atom. The van der Waals surface area contributed by atoms with Gasteiger partial charge >= 0.3 is 5.97 Å². The largest absolute Gasteiger partial charge is 0.458 e. The van der Waals surface area contributed by atoms with Crippen molar-refractivity contribution in [2.45, 2.75) is 175 Å². The molecule has 5 N–H and O–H groups in total. The van der Waals surface area contributed by atoms with Gasteiger partial charge in [0.25, 0.3) is 0 Å². The van der Waals surface area contributed by atoms with Crippen molar-refractivity contribution in [2.24, 2.45) is 53.3 Å². The predicted molar refractivity (Wildman–Crippen MR) is 215 cm³/mol. The van der Waals surface area contributed by atoms with E-state index >= 15 is 0 Å². The first-order valence-corrected chi connectivity index (χ1v) is 21.2. The fourth-order valence-corrected chi connectivity index (χ4v) is 9.01. The Hall–Kier alpha value is -2.25. The Balaban J connectivity index is 1.99. The van der Waals surface area contributed by atoms with E-state index in [2.05, 4.69) is 19.9 Å². The highest BCUT2D eigenvalue weighted by Crippen LogP contribution is 2.49. The molecule has 0 aliphatic carbocycles. The maximum Gasteiger partial charge on any atom is 0.330 e. The van der Waals surface area contributed by atoms with Gasteiger partial charge in [0.1, 0.15) is 17.5 Å². The van der Waals surface area contributed by atoms with Gasteiger partial charge < -0.3 is 39.7 Å². The third kappa shape index (κ3) is 11.5. The summed E-state index contributed by atoms with van der Waals surface area (Å²) in [6, 6.07) is 0. The number of aliphatic hydroxyl groups excluding tert-OH is 4. The van der Waals surface area contributed by atoms with Gasteiger partial charge in [0.2, 0.25) is 0 Å². The Morgan fingerprint density at radius 1 is 0.839 bits per heavy atom. The first-order valence-electron chi connectivity index (χ1n) is 21.2. The van der Waals surface area contributed by atoms with Gasteiger partial charge in [-0.25, -0.2) is 4.79 Å². The fraction of sp³-hybridized carbons (Fsp3) is 0.800. The number of rotatable bonds is 3. The molecule has 0 aromatic heterocycles. The second kappa shape index (κ2) is 20.6. The number of fused-ring (bicyclic) bond motifs is 2. The van der Waals surface area contributed by atoms with E-state index in [1.165, 1.54) is 39.8 Å². The highest BCUT2D eigenvalue weighted by molar-refractivity contribution is 5.91. The average Bonchev–Trinajstić information content (AvgIpc) is 3.16. The quantitative estimate of drug-likeness (QED) is 0.216. The van der Waals surface area contributed by atoms with E-state index in [4.69, 9.17) is 14.2 Å². The zero-order valence-electron chi connectivity index (χ0n) is 35.8. The second-order valence-corrected chi connectivity index (χ2v) is 18.0. The smallest absolute Gasteiger partial charge is 0.330 e. The normalized spacial score (nSPS) is 46.8. The minimum atomic E-state index is -2.18. The summed E-state index contributed by atoms with van der Waals surface area (Å²) in [5.74, 6) is -7.28. The number of carbonyl (C=O) groups excluding carboxylic acids is 3. The number of ketones is 2. The lowest BCUT2D eigenvalue weighted by Gasteiger charge is -2.55. The molecule has 3 heterocycles. The van der Waals surface area contributed by atoms with Crippen LogP contribution in [0, 0.1) is 53.3 Å². The lowest BCUT2D eigenvalue weighted by Crippen LogP contribution is -2.62. The molecule has 56 heavy (non-hydrogen) atoms. The average molecular weight is 791 g/mol. The van der Waals surface area contributed by atoms with E-state index in [1.54, 1.807) is 20.8 Å². The number of hydrogen-bond donors (Lipinski definition) is 5. The van der Waals surface area contributed by atoms with E-state index in [9.17, 15) is 39.9 Å². The molecule has 18 atom stereocenters. The van der Waals surface area contributed by atoms with Crippen LogP contribution in [0.15, 0.2) is 36.5 Å². The van der Waals surface area contributed by atoms with E-state index in [-0.39, 0.29) is 35.9 Å². The summed E-state index contributed by atoms with van der Waals surface area (Å²) in [5, 5.41) is 55.0. The van der Waals surface area contributed by atoms with Crippen LogP contribution in [0.2, 0.25) is 0 Å². The van der Waals surface area contributed by atoms with Gasteiger partial charge in [0, 0.05) is 48.0 Å². The minimum absolute atomic E-state index is 0.168. The molecule has 0 radical (unpaired) electrons. The molecule has 2 fully saturated rings. The molecule has 320 valence electrons. The monoisotopic (exact) mass is 791 g/mol. The van der Waals surface area contributed by atoms with Gasteiger partial charge in [-0.1, -0.05) is 92.7 Å². The van der Waals surface area contributed by atoms with E-state index in [0.717, 1.165) is 19.3 Å². The van der Waals surface area contributed by atoms with E-state index in [1.807, 2.05) is 32.1 Å². The third-order valence-corrected chi connectivity index (χ3v) is 13.4. The Morgan fingerprint density at radius 3 is 2.11 bits per heavy atom. The first kappa shape index (κ1) is 48.1. The molecule has 0 aromatic carbocycles. The van der Waals surface area contributed by atoms with Crippen LogP contribution >= 0.6 is 0 Å². The molecule has 3 aliphatic rings. The molecule has 3 aliphatic heterocycles. The number of hydrogen-bond acceptors (Lipinski definition) is 11. The minimum Gasteiger partial charge on any atom is -0.458 e. The van der Waals surface area contributed by atoms with Crippen molar-refractivity contribution < 1.29 is 54.1 Å². The molecule has 11 nitrogen and oxygen atoms in total. The molecular weight excluding hydrogens is 716 g/mol. The SMILES string of the molecule is CC[C@@H]1/C=C\C=C\C[C@H](C)[C@H](O)[C@](C)(O)C(=O)[C@H](C)[C@H](O)[C@H](C)C(=O)[C@H](C)[C@H](O)[C@H](C)/C=C/C(=O)O[C@H]2[C@H](C)[C@@H](CC1)O[C@]1(CC[C@H](C)[C@H](C[C@H](C)O)O1)[C@H]2C. The highest BCUT2D eigenvalue weighted by atomic mass is 16.7. The zero-order valence-corrected chi connectivity index (χ0v) is 35.8. The Labute approximate surface area is 336 Å². The number of ether oxygens (including phenoxy) is 3. The van der Waals surface area contributed by atoms with E-state index < -0.39 is 89.0 Å². The molecule has 0 amide bonds. The zero-order chi connectivity index (χ0) is 42.3. The third-order valence-electron chi connectivity index (χ3n) is 13.4. The molecule has 0 unspecified atom stereocenters. The molecule has 2 bridgehead atoms. The van der Waals surface area contributed by atoms with Gasteiger partial charge in [-0.15, -0.1) is 0 Å². The summed E-state index contributed by atoms with van der Waals surface area (Å²) in [6.45, 7) is 19.1. The van der Waals surface area contributed by atoms with E-state index in [0.29, 0.717) is 25.7 Å². The number of carbonyl (C=O) groups is 3. The summed E-state index contributed by atoms with van der Waals surface area (Å²) in [6.07, 6.45) is 9.62. The van der Waals surface area contributed by atoms with Crippen molar-refractivity contribution >= 4 is 17.5 Å². The highest BCUT2D eigenvalue weighted by Gasteiger charge is 2.56. The van der Waals surface area contributed by atoms with Crippen LogP contribution < -0.4 is 0 Å². The maximum atomic E-state index is 13.5. The van der Waals surface area contributed by atoms with Crippen LogP contribution in [0.1, 0.15) is 121 Å². The van der Waals surface area contributed by atoms with Gasteiger partial charge in [-0.05, 0) is 70.1 Å². The number of allylic oxidation sites excluding steroid dienone is 4. The van der Waals surface area contributed by atoms with Gasteiger partial charge in [0.05, 0.1) is 36.6 Å². The van der Waals surface area contributed by atoms with Crippen molar-refractivity contribution in [1.82, 2.24) is 0 Å². The molecular formula is C45H74O11. The van der Waals surface area contributed by atoms with Crippen LogP contribution in [0.4, 0.5) is 0 Å². The lowest BCUT2D eigenvalue weighted by molar-refractivity contribution is -0.371. The molecule has 0 saturated carbocycles. The van der Waals surface area contributed by atoms with Crippen LogP contribution in [-0.2, 0) is 28.6 Å². The van der Waals surface area contributed by atoms with Gasteiger partial charge in [-0.3, -0.25) is 9.59 Å².